The van der Waals surface area contributed by atoms with Crippen molar-refractivity contribution in [1.29, 1.82) is 0 Å². The van der Waals surface area contributed by atoms with Gasteiger partial charge in [-0.1, -0.05) is 12.1 Å². The van der Waals surface area contributed by atoms with Gasteiger partial charge in [0.1, 0.15) is 11.9 Å². The first kappa shape index (κ1) is 11.4. The molecule has 1 fully saturated rings. The molecule has 0 unspecified atom stereocenters. The summed E-state index contributed by atoms with van der Waals surface area (Å²) in [5.74, 6) is 0.939. The molecule has 0 aliphatic carbocycles. The molecule has 3 heteroatoms. The van der Waals surface area contributed by atoms with Gasteiger partial charge < -0.3 is 15.2 Å². The zero-order chi connectivity index (χ0) is 11.4. The molecule has 0 spiro atoms. The van der Waals surface area contributed by atoms with Gasteiger partial charge in [-0.3, -0.25) is 0 Å². The first-order valence-electron chi connectivity index (χ1n) is 5.84. The van der Waals surface area contributed by atoms with Gasteiger partial charge in [0.05, 0.1) is 13.2 Å². The van der Waals surface area contributed by atoms with Gasteiger partial charge in [-0.05, 0) is 18.6 Å². The van der Waals surface area contributed by atoms with Crippen LogP contribution in [0.4, 0.5) is 0 Å². The zero-order valence-corrected chi connectivity index (χ0v) is 9.74. The van der Waals surface area contributed by atoms with Crippen LogP contribution in [0.5, 0.6) is 5.75 Å². The highest BCUT2D eigenvalue weighted by Gasteiger charge is 2.16. The van der Waals surface area contributed by atoms with E-state index in [0.29, 0.717) is 6.54 Å². The van der Waals surface area contributed by atoms with E-state index in [1.807, 2.05) is 12.1 Å². The van der Waals surface area contributed by atoms with E-state index in [2.05, 4.69) is 13.0 Å². The summed E-state index contributed by atoms with van der Waals surface area (Å²) in [6, 6.07) is 6.09. The lowest BCUT2D eigenvalue weighted by Gasteiger charge is -2.24. The maximum atomic E-state index is 6.00. The fraction of sp³-hybridized carbons (Fsp3) is 0.538. The van der Waals surface area contributed by atoms with Crippen LogP contribution < -0.4 is 10.5 Å². The zero-order valence-electron chi connectivity index (χ0n) is 9.74. The SMILES string of the molecule is Cc1cccc(OC2CCOCC2)c1CN. The number of rotatable bonds is 3. The van der Waals surface area contributed by atoms with E-state index in [9.17, 15) is 0 Å². The Balaban J connectivity index is 2.10. The summed E-state index contributed by atoms with van der Waals surface area (Å²) < 4.78 is 11.3. The topological polar surface area (TPSA) is 44.5 Å². The molecule has 1 aromatic carbocycles. The molecule has 0 radical (unpaired) electrons. The van der Waals surface area contributed by atoms with Crippen LogP contribution in [-0.2, 0) is 11.3 Å². The summed E-state index contributed by atoms with van der Waals surface area (Å²) in [4.78, 5) is 0. The second kappa shape index (κ2) is 5.32. The molecule has 0 atom stereocenters. The molecule has 0 amide bonds. The van der Waals surface area contributed by atoms with Crippen LogP contribution in [0.15, 0.2) is 18.2 Å². The number of benzene rings is 1. The fourth-order valence-corrected chi connectivity index (χ4v) is 2.02. The predicted octanol–water partition coefficient (Wildman–Crippen LogP) is 2.01. The lowest BCUT2D eigenvalue weighted by molar-refractivity contribution is 0.0252. The second-order valence-corrected chi connectivity index (χ2v) is 4.19. The summed E-state index contributed by atoms with van der Waals surface area (Å²) in [5, 5.41) is 0. The van der Waals surface area contributed by atoms with Crippen molar-refractivity contribution in [3.8, 4) is 5.75 Å². The van der Waals surface area contributed by atoms with Crippen molar-refractivity contribution >= 4 is 0 Å². The minimum absolute atomic E-state index is 0.279. The average Bonchev–Trinajstić information content (AvgIpc) is 2.31. The van der Waals surface area contributed by atoms with Crippen LogP contribution in [0.25, 0.3) is 0 Å². The summed E-state index contributed by atoms with van der Waals surface area (Å²) in [5.41, 5.74) is 8.07. The molecule has 1 aromatic rings. The standard InChI is InChI=1S/C13H19NO2/c1-10-3-2-4-13(12(10)9-14)16-11-5-7-15-8-6-11/h2-4,11H,5-9,14H2,1H3. The van der Waals surface area contributed by atoms with E-state index in [4.69, 9.17) is 15.2 Å². The minimum Gasteiger partial charge on any atom is -0.490 e. The van der Waals surface area contributed by atoms with E-state index >= 15 is 0 Å². The Hall–Kier alpha value is -1.06. The van der Waals surface area contributed by atoms with Crippen molar-refractivity contribution in [3.05, 3.63) is 29.3 Å². The fourth-order valence-electron chi connectivity index (χ4n) is 2.02. The highest BCUT2D eigenvalue weighted by molar-refractivity contribution is 5.39. The van der Waals surface area contributed by atoms with Gasteiger partial charge in [-0.25, -0.2) is 0 Å². The van der Waals surface area contributed by atoms with Crippen LogP contribution in [-0.4, -0.2) is 19.3 Å². The molecule has 1 heterocycles. The van der Waals surface area contributed by atoms with Gasteiger partial charge in [0.15, 0.2) is 0 Å². The van der Waals surface area contributed by atoms with Crippen molar-refractivity contribution in [2.75, 3.05) is 13.2 Å². The molecule has 16 heavy (non-hydrogen) atoms. The molecule has 1 aliphatic rings. The third kappa shape index (κ3) is 2.54. The molecule has 2 rings (SSSR count). The molecule has 1 aliphatic heterocycles. The lowest BCUT2D eigenvalue weighted by atomic mass is 10.1. The van der Waals surface area contributed by atoms with E-state index in [-0.39, 0.29) is 6.10 Å². The van der Waals surface area contributed by atoms with Crippen LogP contribution in [0.3, 0.4) is 0 Å². The highest BCUT2D eigenvalue weighted by Crippen LogP contribution is 2.24. The summed E-state index contributed by atoms with van der Waals surface area (Å²) >= 11 is 0. The Morgan fingerprint density at radius 2 is 2.12 bits per heavy atom. The molecule has 0 aromatic heterocycles. The monoisotopic (exact) mass is 221 g/mol. The first-order chi connectivity index (χ1) is 7.81. The molecular formula is C13H19NO2. The van der Waals surface area contributed by atoms with E-state index in [1.54, 1.807) is 0 Å². The Bertz CT molecular complexity index is 346. The number of aryl methyl sites for hydroxylation is 1. The lowest BCUT2D eigenvalue weighted by Crippen LogP contribution is -2.26. The third-order valence-corrected chi connectivity index (χ3v) is 3.03. The largest absolute Gasteiger partial charge is 0.490 e. The highest BCUT2D eigenvalue weighted by atomic mass is 16.5. The van der Waals surface area contributed by atoms with E-state index in [1.165, 1.54) is 5.56 Å². The van der Waals surface area contributed by atoms with Gasteiger partial charge in [-0.2, -0.15) is 0 Å². The van der Waals surface area contributed by atoms with Crippen molar-refractivity contribution < 1.29 is 9.47 Å². The van der Waals surface area contributed by atoms with Gasteiger partial charge in [0.25, 0.3) is 0 Å². The van der Waals surface area contributed by atoms with Crippen LogP contribution >= 0.6 is 0 Å². The van der Waals surface area contributed by atoms with Gasteiger partial charge in [0.2, 0.25) is 0 Å². The quantitative estimate of drug-likeness (QED) is 0.849. The summed E-state index contributed by atoms with van der Waals surface area (Å²) in [7, 11) is 0. The van der Waals surface area contributed by atoms with E-state index in [0.717, 1.165) is 37.4 Å². The smallest absolute Gasteiger partial charge is 0.124 e. The van der Waals surface area contributed by atoms with Gasteiger partial charge >= 0.3 is 0 Å². The molecule has 2 N–H and O–H groups in total. The predicted molar refractivity (Wildman–Crippen MR) is 63.5 cm³/mol. The number of nitrogens with two attached hydrogens (primary N) is 1. The van der Waals surface area contributed by atoms with Crippen LogP contribution in [0, 0.1) is 6.92 Å². The molecule has 1 saturated heterocycles. The molecule has 88 valence electrons. The van der Waals surface area contributed by atoms with E-state index < -0.39 is 0 Å². The average molecular weight is 221 g/mol. The number of hydrogen-bond acceptors (Lipinski definition) is 3. The normalized spacial score (nSPS) is 17.4. The first-order valence-corrected chi connectivity index (χ1v) is 5.84. The molecular weight excluding hydrogens is 202 g/mol. The molecule has 0 saturated carbocycles. The van der Waals surface area contributed by atoms with Crippen LogP contribution in [0.2, 0.25) is 0 Å². The summed E-state index contributed by atoms with van der Waals surface area (Å²) in [6.07, 6.45) is 2.22. The Kier molecular flexibility index (Phi) is 3.80. The third-order valence-electron chi connectivity index (χ3n) is 3.03. The Labute approximate surface area is 96.5 Å². The Morgan fingerprint density at radius 3 is 2.81 bits per heavy atom. The molecule has 3 nitrogen and oxygen atoms in total. The molecule has 0 bridgehead atoms. The van der Waals surface area contributed by atoms with Gasteiger partial charge in [0, 0.05) is 24.9 Å². The maximum absolute atomic E-state index is 6.00. The number of ether oxygens (including phenoxy) is 2. The van der Waals surface area contributed by atoms with Crippen molar-refractivity contribution in [3.63, 3.8) is 0 Å². The van der Waals surface area contributed by atoms with Crippen molar-refractivity contribution in [1.82, 2.24) is 0 Å². The minimum atomic E-state index is 0.279. The van der Waals surface area contributed by atoms with Gasteiger partial charge in [-0.15, -0.1) is 0 Å². The maximum Gasteiger partial charge on any atom is 0.124 e. The van der Waals surface area contributed by atoms with Crippen molar-refractivity contribution in [2.45, 2.75) is 32.4 Å². The summed E-state index contributed by atoms with van der Waals surface area (Å²) in [6.45, 7) is 4.20. The Morgan fingerprint density at radius 1 is 1.38 bits per heavy atom. The number of hydrogen-bond donors (Lipinski definition) is 1. The van der Waals surface area contributed by atoms with Crippen molar-refractivity contribution in [2.24, 2.45) is 5.73 Å². The second-order valence-electron chi connectivity index (χ2n) is 4.19. The van der Waals surface area contributed by atoms with Crippen LogP contribution in [0.1, 0.15) is 24.0 Å².